The van der Waals surface area contributed by atoms with Gasteiger partial charge in [-0.25, -0.2) is 0 Å². The molecule has 1 aliphatic carbocycles. The van der Waals surface area contributed by atoms with E-state index in [9.17, 15) is 14.4 Å². The van der Waals surface area contributed by atoms with Crippen LogP contribution in [0.15, 0.2) is 24.3 Å². The summed E-state index contributed by atoms with van der Waals surface area (Å²) in [7, 11) is 0. The molecule has 1 saturated heterocycles. The Hall–Kier alpha value is -2.55. The Morgan fingerprint density at radius 2 is 1.84 bits per heavy atom. The fraction of sp³-hybridized carbons (Fsp3) is 0.565. The Kier molecular flexibility index (Phi) is 6.46. The average Bonchev–Trinajstić information content (AvgIpc) is 3.51. The number of thioether (sulfide) groups is 1. The molecule has 1 aromatic heterocycles. The lowest BCUT2D eigenvalue weighted by Gasteiger charge is -2.30. The second-order valence-electron chi connectivity index (χ2n) is 9.57. The summed E-state index contributed by atoms with van der Waals surface area (Å²) < 4.78 is 1.60. The maximum absolute atomic E-state index is 13.3. The first-order valence-electron chi connectivity index (χ1n) is 11.2. The molecule has 2 heterocycles. The van der Waals surface area contributed by atoms with Crippen molar-refractivity contribution in [1.82, 2.24) is 25.3 Å². The van der Waals surface area contributed by atoms with Gasteiger partial charge in [0.2, 0.25) is 11.8 Å². The molecular weight excluding hydrogens is 426 g/mol. The van der Waals surface area contributed by atoms with E-state index in [2.05, 4.69) is 15.7 Å². The Morgan fingerprint density at radius 3 is 2.50 bits per heavy atom. The van der Waals surface area contributed by atoms with Gasteiger partial charge in [0.25, 0.3) is 5.91 Å². The molecular formula is C23H31N5O3S. The predicted molar refractivity (Wildman–Crippen MR) is 126 cm³/mol. The number of hydrogen-bond donors (Lipinski definition) is 2. The topological polar surface area (TPSA) is 96.3 Å². The van der Waals surface area contributed by atoms with Gasteiger partial charge in [-0.3, -0.25) is 19.1 Å². The number of hydrogen-bond acceptors (Lipinski definition) is 5. The zero-order valence-electron chi connectivity index (χ0n) is 18.9. The molecule has 1 atom stereocenters. The van der Waals surface area contributed by atoms with E-state index in [1.54, 1.807) is 4.68 Å². The van der Waals surface area contributed by atoms with Crippen LogP contribution < -0.4 is 10.6 Å². The highest BCUT2D eigenvalue weighted by Gasteiger charge is 2.36. The molecule has 0 radical (unpaired) electrons. The first kappa shape index (κ1) is 22.6. The molecule has 4 rings (SSSR count). The summed E-state index contributed by atoms with van der Waals surface area (Å²) in [5, 5.41) is 11.1. The summed E-state index contributed by atoms with van der Waals surface area (Å²) in [6, 6.07) is 6.92. The van der Waals surface area contributed by atoms with Crippen molar-refractivity contribution in [3.8, 4) is 0 Å². The van der Waals surface area contributed by atoms with E-state index < -0.39 is 17.4 Å². The van der Waals surface area contributed by atoms with Crippen LogP contribution in [0.3, 0.4) is 0 Å². The van der Waals surface area contributed by atoms with E-state index in [4.69, 9.17) is 0 Å². The number of amides is 3. The van der Waals surface area contributed by atoms with Crippen molar-refractivity contribution in [1.29, 1.82) is 0 Å². The Bertz CT molecular complexity index is 1020. The highest BCUT2D eigenvalue weighted by Crippen LogP contribution is 2.25. The molecule has 0 bridgehead atoms. The summed E-state index contributed by atoms with van der Waals surface area (Å²) in [5.41, 5.74) is 0.498. The molecule has 0 spiro atoms. The Morgan fingerprint density at radius 1 is 1.16 bits per heavy atom. The molecule has 1 unspecified atom stereocenters. The van der Waals surface area contributed by atoms with Crippen LogP contribution in [0.4, 0.5) is 0 Å². The van der Waals surface area contributed by atoms with Gasteiger partial charge < -0.3 is 15.5 Å². The molecule has 2 N–H and O–H groups in total. The van der Waals surface area contributed by atoms with Crippen LogP contribution in [-0.2, 0) is 16.1 Å². The quantitative estimate of drug-likeness (QED) is 0.692. The van der Waals surface area contributed by atoms with E-state index in [-0.39, 0.29) is 30.1 Å². The maximum atomic E-state index is 13.3. The largest absolute Gasteiger partial charge is 0.352 e. The van der Waals surface area contributed by atoms with Gasteiger partial charge in [-0.2, -0.15) is 16.9 Å². The lowest BCUT2D eigenvalue weighted by molar-refractivity contribution is -0.131. The van der Waals surface area contributed by atoms with Crippen molar-refractivity contribution in [3.63, 3.8) is 0 Å². The zero-order chi connectivity index (χ0) is 22.9. The molecule has 2 aliphatic rings. The number of benzene rings is 1. The second-order valence-corrected chi connectivity index (χ2v) is 10.8. The van der Waals surface area contributed by atoms with Crippen molar-refractivity contribution < 1.29 is 14.4 Å². The average molecular weight is 458 g/mol. The van der Waals surface area contributed by atoms with Crippen LogP contribution in [-0.4, -0.2) is 69.1 Å². The van der Waals surface area contributed by atoms with Crippen LogP contribution in [0.5, 0.6) is 0 Å². The number of para-hydroxylation sites is 1. The van der Waals surface area contributed by atoms with Crippen LogP contribution in [0.1, 0.15) is 44.1 Å². The molecule has 3 amide bonds. The summed E-state index contributed by atoms with van der Waals surface area (Å²) >= 11 is 1.85. The number of carbonyl (C=O) groups excluding carboxylic acids is 3. The van der Waals surface area contributed by atoms with Crippen LogP contribution in [0.25, 0.3) is 10.9 Å². The smallest absolute Gasteiger partial charge is 0.273 e. The first-order valence-corrected chi connectivity index (χ1v) is 12.3. The standard InChI is InChI=1S/C23H31N5O3S/c1-23(2,3)20(22(31)24-15-8-9-15)25-21(30)19-16-6-4-5-7-17(16)28(26-19)14-18(29)27-10-12-32-13-11-27/h4-7,15,20H,8-14H2,1-3H3,(H,24,31)(H,25,30). The highest BCUT2D eigenvalue weighted by molar-refractivity contribution is 7.99. The molecule has 1 aliphatic heterocycles. The van der Waals surface area contributed by atoms with Crippen LogP contribution in [0.2, 0.25) is 0 Å². The molecule has 8 nitrogen and oxygen atoms in total. The third-order valence-corrected chi connectivity index (χ3v) is 6.79. The van der Waals surface area contributed by atoms with Crippen molar-refractivity contribution in [2.75, 3.05) is 24.6 Å². The van der Waals surface area contributed by atoms with Crippen molar-refractivity contribution in [2.45, 2.75) is 52.2 Å². The minimum atomic E-state index is -0.688. The van der Waals surface area contributed by atoms with Crippen molar-refractivity contribution in [2.24, 2.45) is 5.41 Å². The molecule has 2 aromatic rings. The van der Waals surface area contributed by atoms with Gasteiger partial charge >= 0.3 is 0 Å². The normalized spacial score (nSPS) is 17.8. The number of rotatable bonds is 6. The van der Waals surface area contributed by atoms with Gasteiger partial charge in [-0.1, -0.05) is 39.0 Å². The number of fused-ring (bicyclic) bond motifs is 1. The number of aromatic nitrogens is 2. The summed E-state index contributed by atoms with van der Waals surface area (Å²) in [4.78, 5) is 40.7. The van der Waals surface area contributed by atoms with Gasteiger partial charge in [0.1, 0.15) is 12.6 Å². The lowest BCUT2D eigenvalue weighted by atomic mass is 9.86. The zero-order valence-corrected chi connectivity index (χ0v) is 19.7. The number of carbonyl (C=O) groups is 3. The van der Waals surface area contributed by atoms with Gasteiger partial charge in [0, 0.05) is 36.0 Å². The van der Waals surface area contributed by atoms with E-state index in [0.717, 1.165) is 43.0 Å². The molecule has 172 valence electrons. The number of nitrogens with zero attached hydrogens (tertiary/aromatic N) is 3. The van der Waals surface area contributed by atoms with Crippen LogP contribution >= 0.6 is 11.8 Å². The monoisotopic (exact) mass is 457 g/mol. The molecule has 1 saturated carbocycles. The van der Waals surface area contributed by atoms with E-state index in [1.165, 1.54) is 0 Å². The van der Waals surface area contributed by atoms with Crippen molar-refractivity contribution >= 4 is 40.4 Å². The maximum Gasteiger partial charge on any atom is 0.273 e. The minimum absolute atomic E-state index is 0.00175. The molecule has 9 heteroatoms. The van der Waals surface area contributed by atoms with Gasteiger partial charge in [-0.05, 0) is 24.3 Å². The third-order valence-electron chi connectivity index (χ3n) is 5.85. The first-order chi connectivity index (χ1) is 15.2. The SMILES string of the molecule is CC(C)(C)C(NC(=O)c1nn(CC(=O)N2CCSCC2)c2ccccc12)C(=O)NC1CC1. The van der Waals surface area contributed by atoms with Crippen LogP contribution in [0, 0.1) is 5.41 Å². The third kappa shape index (κ3) is 5.09. The Labute approximate surface area is 192 Å². The predicted octanol–water partition coefficient (Wildman–Crippen LogP) is 2.03. The fourth-order valence-corrected chi connectivity index (χ4v) is 4.75. The van der Waals surface area contributed by atoms with E-state index >= 15 is 0 Å². The number of nitrogens with one attached hydrogen (secondary N) is 2. The lowest BCUT2D eigenvalue weighted by Crippen LogP contribution is -2.54. The van der Waals surface area contributed by atoms with E-state index in [1.807, 2.05) is 61.7 Å². The molecule has 1 aromatic carbocycles. The summed E-state index contributed by atoms with van der Waals surface area (Å²) in [6.07, 6.45) is 1.96. The highest BCUT2D eigenvalue weighted by atomic mass is 32.2. The molecule has 2 fully saturated rings. The Balaban J connectivity index is 1.56. The minimum Gasteiger partial charge on any atom is -0.352 e. The second kappa shape index (κ2) is 9.13. The van der Waals surface area contributed by atoms with Gasteiger partial charge in [0.15, 0.2) is 5.69 Å². The summed E-state index contributed by atoms with van der Waals surface area (Å²) in [5.74, 6) is 1.30. The summed E-state index contributed by atoms with van der Waals surface area (Å²) in [6.45, 7) is 7.34. The van der Waals surface area contributed by atoms with Gasteiger partial charge in [0.05, 0.1) is 5.52 Å². The van der Waals surface area contributed by atoms with E-state index in [0.29, 0.717) is 5.39 Å². The molecule has 32 heavy (non-hydrogen) atoms. The fourth-order valence-electron chi connectivity index (χ4n) is 3.84. The van der Waals surface area contributed by atoms with Gasteiger partial charge in [-0.15, -0.1) is 0 Å². The van der Waals surface area contributed by atoms with Crippen molar-refractivity contribution in [3.05, 3.63) is 30.0 Å².